The van der Waals surface area contributed by atoms with E-state index in [1.807, 2.05) is 14.0 Å². The summed E-state index contributed by atoms with van der Waals surface area (Å²) in [5, 5.41) is 10.8. The fourth-order valence-electron chi connectivity index (χ4n) is 4.91. The van der Waals surface area contributed by atoms with Crippen LogP contribution in [0.5, 0.6) is 11.5 Å². The zero-order valence-electron chi connectivity index (χ0n) is 17.9. The molecule has 0 unspecified atom stereocenters. The third-order valence-electron chi connectivity index (χ3n) is 6.19. The lowest BCUT2D eigenvalue weighted by Crippen LogP contribution is -2.37. The van der Waals surface area contributed by atoms with Crippen LogP contribution >= 0.6 is 0 Å². The zero-order chi connectivity index (χ0) is 22.1. The number of aliphatic carboxylic acids is 1. The van der Waals surface area contributed by atoms with Crippen LogP contribution in [-0.4, -0.2) is 42.7 Å². The first-order valence-electron chi connectivity index (χ1n) is 10.8. The van der Waals surface area contributed by atoms with Crippen molar-refractivity contribution in [3.63, 3.8) is 0 Å². The van der Waals surface area contributed by atoms with Crippen molar-refractivity contribution >= 4 is 17.5 Å². The van der Waals surface area contributed by atoms with Crippen LogP contribution < -0.4 is 14.6 Å². The molecule has 7 heteroatoms. The average Bonchev–Trinajstić information content (AvgIpc) is 2.74. The fourth-order valence-corrected chi connectivity index (χ4v) is 4.91. The van der Waals surface area contributed by atoms with Gasteiger partial charge in [-0.05, 0) is 50.3 Å². The van der Waals surface area contributed by atoms with Crippen molar-refractivity contribution in [2.45, 2.75) is 51.4 Å². The molecule has 0 aromatic heterocycles. The number of hydrogen-bond acceptors (Lipinski definition) is 7. The van der Waals surface area contributed by atoms with Gasteiger partial charge in [-0.3, -0.25) is 9.59 Å². The van der Waals surface area contributed by atoms with Gasteiger partial charge in [0, 0.05) is 48.3 Å². The summed E-state index contributed by atoms with van der Waals surface area (Å²) < 4.78 is 11.0. The minimum Gasteiger partial charge on any atom is -0.546 e. The van der Waals surface area contributed by atoms with E-state index in [1.54, 1.807) is 18.2 Å². The first-order chi connectivity index (χ1) is 14.9. The minimum absolute atomic E-state index is 0.0817. The Hall–Kier alpha value is -3.09. The number of benzene rings is 1. The number of nitrogens with zero attached hydrogens (tertiary/aromatic N) is 1. The maximum atomic E-state index is 13.0. The second kappa shape index (κ2) is 8.57. The normalized spacial score (nSPS) is 19.4. The molecular formula is C24H26NO6-. The van der Waals surface area contributed by atoms with E-state index < -0.39 is 18.5 Å². The van der Waals surface area contributed by atoms with Crippen LogP contribution in [0.25, 0.3) is 0 Å². The van der Waals surface area contributed by atoms with E-state index in [0.29, 0.717) is 36.3 Å². The summed E-state index contributed by atoms with van der Waals surface area (Å²) in [5.74, 6) is -0.924. The number of rotatable bonds is 6. The number of carbonyl (C=O) groups excluding carboxylic acids is 3. The van der Waals surface area contributed by atoms with Gasteiger partial charge >= 0.3 is 0 Å². The van der Waals surface area contributed by atoms with E-state index in [1.165, 1.54) is 0 Å². The van der Waals surface area contributed by atoms with Crippen LogP contribution in [0.3, 0.4) is 0 Å². The van der Waals surface area contributed by atoms with Crippen molar-refractivity contribution in [1.29, 1.82) is 0 Å². The molecule has 1 heterocycles. The Morgan fingerprint density at radius 3 is 2.16 bits per heavy atom. The number of allylic oxidation sites excluding steroid dienone is 4. The van der Waals surface area contributed by atoms with Gasteiger partial charge in [-0.15, -0.1) is 0 Å². The number of ether oxygens (including phenoxy) is 2. The third kappa shape index (κ3) is 3.84. The summed E-state index contributed by atoms with van der Waals surface area (Å²) in [7, 11) is 1.96. The van der Waals surface area contributed by atoms with Gasteiger partial charge in [0.2, 0.25) is 0 Å². The van der Waals surface area contributed by atoms with Crippen LogP contribution in [0.15, 0.2) is 40.7 Å². The van der Waals surface area contributed by atoms with Crippen molar-refractivity contribution in [2.75, 3.05) is 20.3 Å². The highest BCUT2D eigenvalue weighted by Crippen LogP contribution is 2.49. The van der Waals surface area contributed by atoms with Crippen molar-refractivity contribution < 1.29 is 29.0 Å². The molecule has 0 fully saturated rings. The molecule has 0 radical (unpaired) electrons. The molecule has 31 heavy (non-hydrogen) atoms. The van der Waals surface area contributed by atoms with E-state index >= 15 is 0 Å². The molecule has 0 atom stereocenters. The Morgan fingerprint density at radius 1 is 1.00 bits per heavy atom. The average molecular weight is 424 g/mol. The summed E-state index contributed by atoms with van der Waals surface area (Å²) >= 11 is 0. The molecule has 0 spiro atoms. The smallest absolute Gasteiger partial charge is 0.161 e. The summed E-state index contributed by atoms with van der Waals surface area (Å²) in [6.07, 6.45) is 4.20. The summed E-state index contributed by atoms with van der Waals surface area (Å²) in [4.78, 5) is 39.0. The van der Waals surface area contributed by atoms with Gasteiger partial charge in [0.05, 0.1) is 12.6 Å². The van der Waals surface area contributed by atoms with Crippen LogP contribution in [0.2, 0.25) is 0 Å². The van der Waals surface area contributed by atoms with Gasteiger partial charge in [0.15, 0.2) is 23.1 Å². The molecule has 0 saturated heterocycles. The van der Waals surface area contributed by atoms with Crippen molar-refractivity contribution in [3.8, 4) is 11.5 Å². The van der Waals surface area contributed by atoms with Crippen LogP contribution in [0.4, 0.5) is 0 Å². The second-order valence-corrected chi connectivity index (χ2v) is 8.07. The van der Waals surface area contributed by atoms with E-state index in [4.69, 9.17) is 9.47 Å². The van der Waals surface area contributed by atoms with Gasteiger partial charge in [-0.2, -0.15) is 0 Å². The summed E-state index contributed by atoms with van der Waals surface area (Å²) in [6, 6.07) is 5.20. The standard InChI is InChI=1S/C24H27NO6/c1-3-30-20-12-14(10-11-19(20)31-13-21(28)29)22-23-15(6-4-8-17(23)26)25(2)16-7-5-9-18(27)24(16)22/h10-12,22H,3-9,13H2,1-2H3,(H,28,29)/p-1. The lowest BCUT2D eigenvalue weighted by atomic mass is 9.71. The molecule has 4 rings (SSSR count). The number of carboxylic acid groups (broad SMARTS) is 1. The molecule has 2 aliphatic carbocycles. The van der Waals surface area contributed by atoms with E-state index in [0.717, 1.165) is 42.6 Å². The second-order valence-electron chi connectivity index (χ2n) is 8.07. The minimum atomic E-state index is -1.33. The molecule has 0 saturated carbocycles. The highest BCUT2D eigenvalue weighted by molar-refractivity contribution is 6.06. The number of Topliss-reactive ketones (excluding diaryl/α,β-unsaturated/α-hetero) is 2. The molecule has 164 valence electrons. The van der Waals surface area contributed by atoms with E-state index in [2.05, 4.69) is 4.90 Å². The predicted octanol–water partition coefficient (Wildman–Crippen LogP) is 2.26. The molecule has 1 aliphatic heterocycles. The van der Waals surface area contributed by atoms with Crippen molar-refractivity contribution in [2.24, 2.45) is 0 Å². The molecule has 7 nitrogen and oxygen atoms in total. The van der Waals surface area contributed by atoms with E-state index in [-0.39, 0.29) is 17.3 Å². The number of carboxylic acids is 1. The maximum Gasteiger partial charge on any atom is 0.161 e. The fraction of sp³-hybridized carbons (Fsp3) is 0.458. The lowest BCUT2D eigenvalue weighted by Gasteiger charge is -2.42. The van der Waals surface area contributed by atoms with Gasteiger partial charge in [-0.25, -0.2) is 0 Å². The number of ketones is 2. The van der Waals surface area contributed by atoms with Gasteiger partial charge < -0.3 is 24.3 Å². The topological polar surface area (TPSA) is 96.0 Å². The molecule has 1 aromatic rings. The Labute approximate surface area is 181 Å². The molecule has 0 N–H and O–H groups in total. The number of carbonyl (C=O) groups is 3. The molecule has 1 aromatic carbocycles. The first-order valence-corrected chi connectivity index (χ1v) is 10.8. The Morgan fingerprint density at radius 2 is 1.61 bits per heavy atom. The Balaban J connectivity index is 1.84. The third-order valence-corrected chi connectivity index (χ3v) is 6.19. The van der Waals surface area contributed by atoms with Gasteiger partial charge in [-0.1, -0.05) is 6.07 Å². The quantitative estimate of drug-likeness (QED) is 0.691. The van der Waals surface area contributed by atoms with Gasteiger partial charge in [0.1, 0.15) is 6.61 Å². The predicted molar refractivity (Wildman–Crippen MR) is 110 cm³/mol. The van der Waals surface area contributed by atoms with Gasteiger partial charge in [0.25, 0.3) is 0 Å². The maximum absolute atomic E-state index is 13.0. The van der Waals surface area contributed by atoms with Crippen molar-refractivity contribution in [1.82, 2.24) is 4.90 Å². The first kappa shape index (κ1) is 21.2. The molecular weight excluding hydrogens is 398 g/mol. The number of hydrogen-bond donors (Lipinski definition) is 0. The van der Waals surface area contributed by atoms with Crippen LogP contribution in [0, 0.1) is 0 Å². The summed E-state index contributed by atoms with van der Waals surface area (Å²) in [6.45, 7) is 1.59. The van der Waals surface area contributed by atoms with Crippen molar-refractivity contribution in [3.05, 3.63) is 46.3 Å². The highest BCUT2D eigenvalue weighted by Gasteiger charge is 2.42. The Bertz CT molecular complexity index is 961. The molecule has 0 amide bonds. The van der Waals surface area contributed by atoms with E-state index in [9.17, 15) is 19.5 Å². The molecule has 0 bridgehead atoms. The monoisotopic (exact) mass is 424 g/mol. The van der Waals surface area contributed by atoms with Crippen LogP contribution in [-0.2, 0) is 14.4 Å². The summed E-state index contributed by atoms with van der Waals surface area (Å²) in [5.41, 5.74) is 4.19. The largest absolute Gasteiger partial charge is 0.546 e. The molecule has 3 aliphatic rings. The SMILES string of the molecule is CCOc1cc(C2C3=C(CCCC3=O)N(C)C3=C2C(=O)CCC3)ccc1OCC(=O)[O-]. The van der Waals surface area contributed by atoms with Crippen LogP contribution in [0.1, 0.15) is 56.9 Å². The Kier molecular flexibility index (Phi) is 5.85. The zero-order valence-corrected chi connectivity index (χ0v) is 17.9. The lowest BCUT2D eigenvalue weighted by molar-refractivity contribution is -0.307. The highest BCUT2D eigenvalue weighted by atomic mass is 16.5.